The smallest absolute Gasteiger partial charge is 0.412 e. The van der Waals surface area contributed by atoms with E-state index in [-0.39, 0.29) is 27.7 Å². The normalized spacial score (nSPS) is 10.1. The fourth-order valence-corrected chi connectivity index (χ4v) is 0.234. The fourth-order valence-electron chi connectivity index (χ4n) is 0.234. The van der Waals surface area contributed by atoms with Crippen molar-refractivity contribution in [1.29, 1.82) is 0 Å². The number of nitrogens with one attached hydrogen (secondary N) is 2. The van der Waals surface area contributed by atoms with E-state index in [0.29, 0.717) is 0 Å². The van der Waals surface area contributed by atoms with Crippen molar-refractivity contribution in [3.63, 3.8) is 0 Å². The number of rotatable bonds is 2. The topological polar surface area (TPSA) is 487 Å². The van der Waals surface area contributed by atoms with E-state index >= 15 is 0 Å². The molecule has 14 N–H and O–H groups in total. The van der Waals surface area contributed by atoms with Gasteiger partial charge in [0.15, 0.2) is 10.1 Å². The van der Waals surface area contributed by atoms with Crippen LogP contribution in [0.5, 0.6) is 0 Å². The van der Waals surface area contributed by atoms with Crippen LogP contribution >= 0.6 is 0 Å². The standard InChI is InChI=1S/2CH5N5O2.2ClHO4.Co.2H2O/c2*2-1(4-3)5-6(7)8;2*2-1(3,4)5;;;/h2*3H2,(H3,2,4,5);2*(H,2,3,4,5);;2*1H2/q;;;;+2;;/p-2. The Morgan fingerprint density at radius 1 is 0.690 bits per heavy atom. The van der Waals surface area contributed by atoms with E-state index in [1.807, 2.05) is 0 Å². The second kappa shape index (κ2) is 24.0. The van der Waals surface area contributed by atoms with E-state index in [0.717, 1.165) is 0 Å². The Labute approximate surface area is 172 Å². The number of nitrogens with zero attached hydrogens (tertiary/aromatic N) is 4. The van der Waals surface area contributed by atoms with Gasteiger partial charge in [0.1, 0.15) is 10.2 Å². The molecule has 0 aromatic heterocycles. The minimum atomic E-state index is -4.94. The second-order valence-corrected chi connectivity index (χ2v) is 4.00. The van der Waals surface area contributed by atoms with Gasteiger partial charge < -0.3 is 22.4 Å². The molecule has 179 valence electrons. The van der Waals surface area contributed by atoms with Crippen LogP contribution < -0.4 is 71.3 Å². The molecule has 0 saturated carbocycles. The van der Waals surface area contributed by atoms with Gasteiger partial charge in [-0.3, -0.25) is 10.9 Å². The SMILES string of the molecule is NN/C(N)=N/[N+](=O)[O-].NN/C(N)=N/[N+](=O)[O-].O.O.[Co+2].[O-][Cl+3]([O-])([O-])[O-].[O-][Cl+3]([O-])([O-])[O-]. The third-order valence-electron chi connectivity index (χ3n) is 0.675. The van der Waals surface area contributed by atoms with Crippen molar-refractivity contribution in [2.75, 3.05) is 0 Å². The summed E-state index contributed by atoms with van der Waals surface area (Å²) in [6.07, 6.45) is 0. The van der Waals surface area contributed by atoms with Gasteiger partial charge >= 0.3 is 16.8 Å². The summed E-state index contributed by atoms with van der Waals surface area (Å²) in [7, 11) is -9.89. The van der Waals surface area contributed by atoms with Crippen LogP contribution in [0.2, 0.25) is 0 Å². The number of hydrogen-bond donors (Lipinski definition) is 6. The van der Waals surface area contributed by atoms with E-state index in [1.165, 1.54) is 0 Å². The van der Waals surface area contributed by atoms with E-state index in [9.17, 15) is 20.2 Å². The molecule has 29 heavy (non-hydrogen) atoms. The first-order valence-electron chi connectivity index (χ1n) is 4.47. The molecule has 0 unspecified atom stereocenters. The maximum Gasteiger partial charge on any atom is 2.00 e. The molecule has 1 radical (unpaired) electrons. The number of hydrazone groups is 2. The Morgan fingerprint density at radius 2 is 0.828 bits per heavy atom. The van der Waals surface area contributed by atoms with Gasteiger partial charge in [0.2, 0.25) is 0 Å². The molecule has 0 aromatic rings. The number of hydrogen-bond acceptors (Lipinski definition) is 14. The van der Waals surface area contributed by atoms with Crippen LogP contribution in [-0.4, -0.2) is 32.9 Å². The van der Waals surface area contributed by atoms with Crippen molar-refractivity contribution in [1.82, 2.24) is 10.9 Å². The summed E-state index contributed by atoms with van der Waals surface area (Å²) in [5, 5.41) is 22.1. The van der Waals surface area contributed by atoms with Crippen LogP contribution in [0.1, 0.15) is 0 Å². The number of nitro groups is 2. The summed E-state index contributed by atoms with van der Waals surface area (Å²) in [6.45, 7) is 0. The van der Waals surface area contributed by atoms with E-state index in [2.05, 4.69) is 21.9 Å². The molecule has 0 aromatic carbocycles. The van der Waals surface area contributed by atoms with Crippen molar-refractivity contribution < 1.29 is 95.6 Å². The summed E-state index contributed by atoms with van der Waals surface area (Å²) < 4.78 is 67.9. The van der Waals surface area contributed by atoms with Gasteiger partial charge in [0.25, 0.3) is 11.9 Å². The average Bonchev–Trinajstić information content (AvgIpc) is 2.33. The Hall–Kier alpha value is -2.05. The minimum Gasteiger partial charge on any atom is -0.412 e. The number of guanidine groups is 2. The van der Waals surface area contributed by atoms with Crippen molar-refractivity contribution >= 4 is 11.9 Å². The molecular formula is C2H14Cl2CoN10O14. The van der Waals surface area contributed by atoms with Crippen LogP contribution in [0.3, 0.4) is 0 Å². The molecule has 0 aliphatic carbocycles. The van der Waals surface area contributed by atoms with E-state index in [1.54, 1.807) is 10.9 Å². The van der Waals surface area contributed by atoms with Gasteiger partial charge in [-0.2, -0.15) is 0 Å². The first-order chi connectivity index (χ1) is 11.3. The zero-order chi connectivity index (χ0) is 22.1. The Kier molecular flexibility index (Phi) is 37.7. The molecule has 0 bridgehead atoms. The predicted molar refractivity (Wildman–Crippen MR) is 59.1 cm³/mol. The summed E-state index contributed by atoms with van der Waals surface area (Å²) in [5.41, 5.74) is 13.1. The van der Waals surface area contributed by atoms with Gasteiger partial charge in [-0.1, -0.05) is 0 Å². The summed E-state index contributed by atoms with van der Waals surface area (Å²) in [6, 6.07) is 0. The van der Waals surface area contributed by atoms with Crippen LogP contribution in [-0.2, 0) is 16.8 Å². The summed E-state index contributed by atoms with van der Waals surface area (Å²) in [4.78, 5) is 18.8. The number of halogens is 2. The molecule has 0 saturated heterocycles. The van der Waals surface area contributed by atoms with Crippen molar-refractivity contribution in [2.24, 2.45) is 33.4 Å². The molecule has 0 heterocycles. The summed E-state index contributed by atoms with van der Waals surface area (Å²) >= 11 is 0. The molecule has 24 nitrogen and oxygen atoms in total. The fraction of sp³-hybridized carbons (Fsp3) is 0. The van der Waals surface area contributed by atoms with Crippen molar-refractivity contribution in [3.8, 4) is 0 Å². The van der Waals surface area contributed by atoms with Gasteiger partial charge in [-0.25, -0.2) is 69.2 Å². The van der Waals surface area contributed by atoms with Crippen molar-refractivity contribution in [3.05, 3.63) is 20.2 Å². The molecule has 27 heteroatoms. The quantitative estimate of drug-likeness (QED) is 0.0631. The molecule has 0 atom stereocenters. The third-order valence-corrected chi connectivity index (χ3v) is 0.675. The first-order valence-corrected chi connectivity index (χ1v) is 6.94. The zero-order valence-corrected chi connectivity index (χ0v) is 15.6. The Balaban J connectivity index is -0.0000000440. The van der Waals surface area contributed by atoms with Gasteiger partial charge in [-0.05, 0) is 0 Å². The van der Waals surface area contributed by atoms with Crippen LogP contribution in [0.15, 0.2) is 10.2 Å². The maximum atomic E-state index is 9.41. The van der Waals surface area contributed by atoms with E-state index in [4.69, 9.17) is 48.7 Å². The molecule has 0 amide bonds. The van der Waals surface area contributed by atoms with Gasteiger partial charge in [0.05, 0.1) is 0 Å². The van der Waals surface area contributed by atoms with Crippen molar-refractivity contribution in [2.45, 2.75) is 0 Å². The minimum absolute atomic E-state index is 0. The van der Waals surface area contributed by atoms with Crippen LogP contribution in [0.4, 0.5) is 0 Å². The number of hydrazine groups is 2. The molecule has 0 aliphatic rings. The number of nitrogens with two attached hydrogens (primary N) is 4. The van der Waals surface area contributed by atoms with Crippen LogP contribution in [0.25, 0.3) is 0 Å². The molecule has 0 rings (SSSR count). The maximum absolute atomic E-state index is 9.41. The molecule has 0 fully saturated rings. The molecular weight excluding hydrogens is 518 g/mol. The van der Waals surface area contributed by atoms with Crippen LogP contribution in [0, 0.1) is 40.7 Å². The van der Waals surface area contributed by atoms with Gasteiger partial charge in [-0.15, -0.1) is 20.5 Å². The third kappa shape index (κ3) is 150. The monoisotopic (exact) mass is 531 g/mol. The first kappa shape index (κ1) is 45.6. The largest absolute Gasteiger partial charge is 2.00 e. The molecule has 0 spiro atoms. The molecule has 0 aliphatic heterocycles. The zero-order valence-electron chi connectivity index (χ0n) is 13.1. The summed E-state index contributed by atoms with van der Waals surface area (Å²) in [5.74, 6) is 8.38. The predicted octanol–water partition coefficient (Wildman–Crippen LogP) is -15.3. The Bertz CT molecular complexity index is 410. The van der Waals surface area contributed by atoms with E-state index < -0.39 is 42.5 Å². The van der Waals surface area contributed by atoms with Gasteiger partial charge in [0, 0.05) is 0 Å². The Morgan fingerprint density at radius 3 is 0.862 bits per heavy atom. The second-order valence-electron chi connectivity index (χ2n) is 2.49. The average molecular weight is 532 g/mol.